The van der Waals surface area contributed by atoms with Gasteiger partial charge in [0.25, 0.3) is 5.96 Å². The summed E-state index contributed by atoms with van der Waals surface area (Å²) in [4.78, 5) is 51.7. The highest BCUT2D eigenvalue weighted by Crippen LogP contribution is 2.29. The first-order valence-corrected chi connectivity index (χ1v) is 13.1. The summed E-state index contributed by atoms with van der Waals surface area (Å²) in [7, 11) is 0. The molecule has 3 aromatic rings. The molecule has 0 fully saturated rings. The maximum atomic E-state index is 14.4. The van der Waals surface area contributed by atoms with Gasteiger partial charge in [-0.15, -0.1) is 0 Å². The molecule has 8 N–H and O–H groups in total. The minimum atomic E-state index is -1.16. The number of rotatable bonds is 13. The maximum Gasteiger partial charge on any atom is 0.335 e. The monoisotopic (exact) mass is 588 g/mol. The quantitative estimate of drug-likeness (QED) is 0.0847. The van der Waals surface area contributed by atoms with Gasteiger partial charge in [0, 0.05) is 13.1 Å². The van der Waals surface area contributed by atoms with Crippen LogP contribution in [0.3, 0.4) is 0 Å². The van der Waals surface area contributed by atoms with Crippen LogP contribution in [0, 0.1) is 15.5 Å². The molecule has 0 unspecified atom stereocenters. The first-order valence-electron chi connectivity index (χ1n) is 13.1. The van der Waals surface area contributed by atoms with Gasteiger partial charge < -0.3 is 27.2 Å². The Morgan fingerprint density at radius 3 is 1.88 bits per heavy atom. The predicted molar refractivity (Wildman–Crippen MR) is 158 cm³/mol. The number of primary amides is 1. The molecule has 43 heavy (non-hydrogen) atoms. The van der Waals surface area contributed by atoms with Gasteiger partial charge in [-0.05, 0) is 41.7 Å². The number of carbonyl (C=O) groups is 3. The lowest BCUT2D eigenvalue weighted by molar-refractivity contribution is -0.485. The molecule has 14 heteroatoms. The van der Waals surface area contributed by atoms with Crippen molar-refractivity contribution in [2.24, 2.45) is 22.3 Å². The molecule has 0 heterocycles. The second-order valence-electron chi connectivity index (χ2n) is 9.52. The van der Waals surface area contributed by atoms with Crippen molar-refractivity contribution in [3.05, 3.63) is 117 Å². The van der Waals surface area contributed by atoms with Crippen LogP contribution in [0.25, 0.3) is 0 Å². The van der Waals surface area contributed by atoms with Crippen LogP contribution in [0.15, 0.2) is 90.0 Å². The van der Waals surface area contributed by atoms with Gasteiger partial charge in [0.1, 0.15) is 11.1 Å². The highest BCUT2D eigenvalue weighted by molar-refractivity contribution is 5.95. The van der Waals surface area contributed by atoms with Crippen LogP contribution in [0.2, 0.25) is 0 Å². The van der Waals surface area contributed by atoms with E-state index >= 15 is 0 Å². The zero-order chi connectivity index (χ0) is 31.5. The van der Waals surface area contributed by atoms with Gasteiger partial charge in [0.05, 0.1) is 11.5 Å². The topological polar surface area (TPSA) is 235 Å². The Morgan fingerprint density at radius 1 is 0.907 bits per heavy atom. The molecule has 0 aromatic heterocycles. The minimum Gasteiger partial charge on any atom is -0.478 e. The van der Waals surface area contributed by atoms with Crippen LogP contribution < -0.4 is 17.2 Å². The van der Waals surface area contributed by atoms with E-state index < -0.39 is 46.7 Å². The maximum absolute atomic E-state index is 14.4. The first kappa shape index (κ1) is 31.7. The van der Waals surface area contributed by atoms with Crippen LogP contribution in [-0.4, -0.2) is 62.2 Å². The summed E-state index contributed by atoms with van der Waals surface area (Å²) in [5, 5.41) is 29.7. The number of nitrogens with two attached hydrogens (primary N) is 3. The number of guanidine groups is 2. The van der Waals surface area contributed by atoms with Gasteiger partial charge in [0.2, 0.25) is 11.8 Å². The Morgan fingerprint density at radius 2 is 1.44 bits per heavy atom. The number of benzene rings is 3. The van der Waals surface area contributed by atoms with Gasteiger partial charge >= 0.3 is 5.97 Å². The molecular weight excluding hydrogens is 556 g/mol. The second-order valence-corrected chi connectivity index (χ2v) is 9.52. The number of carboxylic acid groups (broad SMARTS) is 1. The fraction of sp³-hybridized carbons (Fsp3) is 0.207. The molecule has 0 radical (unpaired) electrons. The van der Waals surface area contributed by atoms with Crippen LogP contribution in [0.5, 0.6) is 0 Å². The van der Waals surface area contributed by atoms with E-state index in [2.05, 4.69) is 5.10 Å². The van der Waals surface area contributed by atoms with E-state index in [1.165, 1.54) is 17.0 Å². The Hall–Kier alpha value is -5.79. The van der Waals surface area contributed by atoms with Crippen molar-refractivity contribution < 1.29 is 24.5 Å². The number of nitro groups is 1. The third kappa shape index (κ3) is 8.60. The van der Waals surface area contributed by atoms with Crippen LogP contribution in [0.1, 0.15) is 45.8 Å². The highest BCUT2D eigenvalue weighted by atomic mass is 16.7. The summed E-state index contributed by atoms with van der Waals surface area (Å²) < 4.78 is 0. The second kappa shape index (κ2) is 14.7. The third-order valence-corrected chi connectivity index (χ3v) is 6.67. The Kier molecular flexibility index (Phi) is 10.9. The summed E-state index contributed by atoms with van der Waals surface area (Å²) in [5.41, 5.74) is 19.0. The SMILES string of the molecule is N=C(N)N(CCC[C@H](C(N)=O)N(Cc1ccc(C(=O)O)cc1)C(=O)C(c1ccccc1)c1ccccc1)C(N)=N[N+](=O)[O-]. The molecule has 14 nitrogen and oxygen atoms in total. The molecular formula is C29H32N8O6. The Balaban J connectivity index is 2.01. The number of hydrazone groups is 1. The molecule has 3 rings (SSSR count). The van der Waals surface area contributed by atoms with Crippen molar-refractivity contribution in [1.29, 1.82) is 5.41 Å². The van der Waals surface area contributed by atoms with Gasteiger partial charge in [-0.3, -0.25) is 19.9 Å². The number of carboxylic acids is 1. The number of hydrogen-bond acceptors (Lipinski definition) is 6. The smallest absolute Gasteiger partial charge is 0.335 e. The number of hydrogen-bond donors (Lipinski definition) is 5. The number of amides is 2. The molecule has 0 bridgehead atoms. The third-order valence-electron chi connectivity index (χ3n) is 6.67. The molecule has 0 spiro atoms. The number of nitrogens with zero attached hydrogens (tertiary/aromatic N) is 4. The number of nitrogens with one attached hydrogen (secondary N) is 1. The van der Waals surface area contributed by atoms with Crippen LogP contribution in [-0.2, 0) is 16.1 Å². The molecule has 0 saturated carbocycles. The molecule has 0 aliphatic heterocycles. The lowest BCUT2D eigenvalue weighted by atomic mass is 9.89. The zero-order valence-electron chi connectivity index (χ0n) is 23.1. The average Bonchev–Trinajstić information content (AvgIpc) is 2.97. The van der Waals surface area contributed by atoms with Gasteiger partial charge in [0.15, 0.2) is 11.0 Å². The van der Waals surface area contributed by atoms with E-state index in [-0.39, 0.29) is 31.5 Å². The van der Waals surface area contributed by atoms with Crippen LogP contribution in [0.4, 0.5) is 0 Å². The van der Waals surface area contributed by atoms with E-state index in [1.807, 2.05) is 12.1 Å². The summed E-state index contributed by atoms with van der Waals surface area (Å²) in [6.45, 7) is -0.206. The summed E-state index contributed by atoms with van der Waals surface area (Å²) >= 11 is 0. The van der Waals surface area contributed by atoms with Crippen molar-refractivity contribution in [2.75, 3.05) is 6.54 Å². The zero-order valence-corrected chi connectivity index (χ0v) is 23.1. The van der Waals surface area contributed by atoms with Crippen molar-refractivity contribution in [1.82, 2.24) is 9.80 Å². The average molecular weight is 589 g/mol. The van der Waals surface area contributed by atoms with Crippen molar-refractivity contribution in [3.8, 4) is 0 Å². The van der Waals surface area contributed by atoms with Crippen molar-refractivity contribution >= 4 is 29.7 Å². The van der Waals surface area contributed by atoms with Crippen LogP contribution >= 0.6 is 0 Å². The van der Waals surface area contributed by atoms with Crippen molar-refractivity contribution in [3.63, 3.8) is 0 Å². The number of carbonyl (C=O) groups excluding carboxylic acids is 2. The molecule has 3 aromatic carbocycles. The Bertz CT molecular complexity index is 1440. The largest absolute Gasteiger partial charge is 0.478 e. The minimum absolute atomic E-state index is 0.0138. The fourth-order valence-corrected chi connectivity index (χ4v) is 4.62. The normalized spacial score (nSPS) is 11.9. The number of aromatic carboxylic acids is 1. The van der Waals surface area contributed by atoms with E-state index in [0.29, 0.717) is 16.7 Å². The van der Waals surface area contributed by atoms with Gasteiger partial charge in [-0.2, -0.15) is 0 Å². The summed E-state index contributed by atoms with van der Waals surface area (Å²) in [6, 6.07) is 22.8. The molecule has 1 atom stereocenters. The Labute approximate surface area is 247 Å². The lowest BCUT2D eigenvalue weighted by Crippen LogP contribution is -2.50. The standard InChI is InChI=1S/C29H32N8O6/c30-25(38)23(12-7-17-35(28(31)32)29(33)34-37(42)43)36(18-19-13-15-22(16-14-19)27(40)41)26(39)24(20-8-3-1-4-9-20)21-10-5-2-6-11-21/h1-6,8-11,13-16,23-24H,7,12,17-18H2,(H2,30,38)(H3,31,32)(H2,33,34)(H,40,41)/t23-/m1/s1. The van der Waals surface area contributed by atoms with Crippen molar-refractivity contribution in [2.45, 2.75) is 31.3 Å². The van der Waals surface area contributed by atoms with E-state index in [4.69, 9.17) is 22.6 Å². The molecule has 0 aliphatic carbocycles. The van der Waals surface area contributed by atoms with Gasteiger partial charge in [-0.25, -0.2) is 14.9 Å². The molecule has 0 aliphatic rings. The van der Waals surface area contributed by atoms with E-state index in [9.17, 15) is 29.6 Å². The lowest BCUT2D eigenvalue weighted by Gasteiger charge is -2.34. The summed E-state index contributed by atoms with van der Waals surface area (Å²) in [6.07, 6.45) is 0.0737. The molecule has 224 valence electrons. The summed E-state index contributed by atoms with van der Waals surface area (Å²) in [5.74, 6) is -4.37. The van der Waals surface area contributed by atoms with Gasteiger partial charge in [-0.1, -0.05) is 72.8 Å². The molecule has 0 saturated heterocycles. The predicted octanol–water partition coefficient (Wildman–Crippen LogP) is 1.88. The fourth-order valence-electron chi connectivity index (χ4n) is 4.62. The van der Waals surface area contributed by atoms with E-state index in [1.54, 1.807) is 60.7 Å². The van der Waals surface area contributed by atoms with E-state index in [0.717, 1.165) is 4.90 Å². The first-order chi connectivity index (χ1) is 20.5. The molecule has 2 amide bonds. The highest BCUT2D eigenvalue weighted by Gasteiger charge is 2.34.